The van der Waals surface area contributed by atoms with E-state index in [1.54, 1.807) is 36.4 Å². The molecular weight excluding hydrogens is 454 g/mol. The van der Waals surface area contributed by atoms with E-state index in [4.69, 9.17) is 16.3 Å². The highest BCUT2D eigenvalue weighted by molar-refractivity contribution is 7.92. The second-order valence-electron chi connectivity index (χ2n) is 6.75. The van der Waals surface area contributed by atoms with Gasteiger partial charge < -0.3 is 4.74 Å². The molecule has 32 heavy (non-hydrogen) atoms. The summed E-state index contributed by atoms with van der Waals surface area (Å²) in [5.41, 5.74) is 5.77. The number of carbonyl (C=O) groups is 2. The maximum atomic E-state index is 12.6. The van der Waals surface area contributed by atoms with E-state index in [1.165, 1.54) is 30.3 Å². The summed E-state index contributed by atoms with van der Waals surface area (Å²) in [7, 11) is -3.96. The van der Waals surface area contributed by atoms with Gasteiger partial charge in [0.05, 0.1) is 10.6 Å². The highest BCUT2D eigenvalue weighted by atomic mass is 35.5. The molecule has 0 saturated heterocycles. The molecule has 8 nitrogen and oxygen atoms in total. The SMILES string of the molecule is Cc1cccc(OCC(=O)NNC(=O)c2cccc(S(=O)(=O)Nc3cccc(Cl)c3)c2)c1. The summed E-state index contributed by atoms with van der Waals surface area (Å²) in [6.07, 6.45) is 0. The Labute approximate surface area is 190 Å². The second-order valence-corrected chi connectivity index (χ2v) is 8.87. The second kappa shape index (κ2) is 10.2. The Kier molecular flexibility index (Phi) is 7.34. The van der Waals surface area contributed by atoms with Crippen LogP contribution in [0.4, 0.5) is 5.69 Å². The van der Waals surface area contributed by atoms with Crippen LogP contribution in [0.2, 0.25) is 5.02 Å². The van der Waals surface area contributed by atoms with Crippen molar-refractivity contribution in [1.29, 1.82) is 0 Å². The Hall–Kier alpha value is -3.56. The average molecular weight is 474 g/mol. The molecule has 0 aromatic heterocycles. The topological polar surface area (TPSA) is 114 Å². The number of hydrazine groups is 1. The number of halogens is 1. The van der Waals surface area contributed by atoms with Crippen molar-refractivity contribution >= 4 is 39.1 Å². The Morgan fingerprint density at radius 1 is 0.938 bits per heavy atom. The molecular formula is C22H20ClN3O5S. The van der Waals surface area contributed by atoms with Gasteiger partial charge in [-0.05, 0) is 61.0 Å². The maximum Gasteiger partial charge on any atom is 0.276 e. The zero-order valence-corrected chi connectivity index (χ0v) is 18.5. The molecule has 0 atom stereocenters. The predicted molar refractivity (Wildman–Crippen MR) is 121 cm³/mol. The van der Waals surface area contributed by atoms with Gasteiger partial charge in [-0.25, -0.2) is 8.42 Å². The number of hydrogen-bond donors (Lipinski definition) is 3. The first-order valence-corrected chi connectivity index (χ1v) is 11.3. The highest BCUT2D eigenvalue weighted by Crippen LogP contribution is 2.20. The zero-order valence-electron chi connectivity index (χ0n) is 17.0. The highest BCUT2D eigenvalue weighted by Gasteiger charge is 2.17. The van der Waals surface area contributed by atoms with Gasteiger partial charge in [0, 0.05) is 10.6 Å². The Morgan fingerprint density at radius 3 is 2.44 bits per heavy atom. The lowest BCUT2D eigenvalue weighted by atomic mass is 10.2. The van der Waals surface area contributed by atoms with E-state index >= 15 is 0 Å². The van der Waals surface area contributed by atoms with Crippen LogP contribution >= 0.6 is 11.6 Å². The van der Waals surface area contributed by atoms with Gasteiger partial charge >= 0.3 is 0 Å². The van der Waals surface area contributed by atoms with E-state index in [2.05, 4.69) is 15.6 Å². The van der Waals surface area contributed by atoms with Crippen LogP contribution in [-0.2, 0) is 14.8 Å². The van der Waals surface area contributed by atoms with E-state index in [1.807, 2.05) is 13.0 Å². The summed E-state index contributed by atoms with van der Waals surface area (Å²) in [4.78, 5) is 24.2. The van der Waals surface area contributed by atoms with Crippen LogP contribution in [0.25, 0.3) is 0 Å². The molecule has 0 aliphatic heterocycles. The molecule has 3 N–H and O–H groups in total. The summed E-state index contributed by atoms with van der Waals surface area (Å²) < 4.78 is 33.0. The first-order valence-electron chi connectivity index (χ1n) is 9.40. The fraction of sp³-hybridized carbons (Fsp3) is 0.0909. The minimum Gasteiger partial charge on any atom is -0.484 e. The third-order valence-corrected chi connectivity index (χ3v) is 5.77. The van der Waals surface area contributed by atoms with Gasteiger partial charge in [0.25, 0.3) is 21.8 Å². The molecule has 10 heteroatoms. The molecule has 0 fully saturated rings. The number of rotatable bonds is 7. The largest absolute Gasteiger partial charge is 0.484 e. The van der Waals surface area contributed by atoms with E-state index in [9.17, 15) is 18.0 Å². The average Bonchev–Trinajstić information content (AvgIpc) is 2.76. The first-order chi connectivity index (χ1) is 15.2. The van der Waals surface area contributed by atoms with Crippen molar-refractivity contribution in [2.45, 2.75) is 11.8 Å². The Morgan fingerprint density at radius 2 is 1.69 bits per heavy atom. The third-order valence-electron chi connectivity index (χ3n) is 4.16. The number of ether oxygens (including phenoxy) is 1. The van der Waals surface area contributed by atoms with Crippen LogP contribution < -0.4 is 20.3 Å². The fourth-order valence-electron chi connectivity index (χ4n) is 2.66. The monoisotopic (exact) mass is 473 g/mol. The lowest BCUT2D eigenvalue weighted by molar-refractivity contribution is -0.123. The van der Waals surface area contributed by atoms with Crippen LogP contribution in [0.3, 0.4) is 0 Å². The number of aryl methyl sites for hydroxylation is 1. The molecule has 166 valence electrons. The van der Waals surface area contributed by atoms with Crippen LogP contribution in [-0.4, -0.2) is 26.8 Å². The third kappa shape index (κ3) is 6.47. The lowest BCUT2D eigenvalue weighted by Gasteiger charge is -2.11. The molecule has 0 heterocycles. The molecule has 0 radical (unpaired) electrons. The number of nitrogens with one attached hydrogen (secondary N) is 3. The van der Waals surface area contributed by atoms with Gasteiger partial charge in [0.1, 0.15) is 5.75 Å². The summed E-state index contributed by atoms with van der Waals surface area (Å²) in [6, 6.07) is 18.8. The van der Waals surface area contributed by atoms with E-state index < -0.39 is 21.8 Å². The molecule has 2 amide bonds. The smallest absolute Gasteiger partial charge is 0.276 e. The number of anilines is 1. The maximum absolute atomic E-state index is 12.6. The Bertz CT molecular complexity index is 1250. The van der Waals surface area contributed by atoms with Crippen molar-refractivity contribution in [2.75, 3.05) is 11.3 Å². The molecule has 0 bridgehead atoms. The van der Waals surface area contributed by atoms with Crippen LogP contribution in [0.15, 0.2) is 77.7 Å². The van der Waals surface area contributed by atoms with Gasteiger partial charge in [-0.2, -0.15) is 0 Å². The van der Waals surface area contributed by atoms with E-state index in [-0.39, 0.29) is 22.8 Å². The van der Waals surface area contributed by atoms with Crippen molar-refractivity contribution in [3.63, 3.8) is 0 Å². The zero-order chi connectivity index (χ0) is 23.1. The summed E-state index contributed by atoms with van der Waals surface area (Å²) in [6.45, 7) is 1.59. The summed E-state index contributed by atoms with van der Waals surface area (Å²) >= 11 is 5.88. The Balaban J connectivity index is 1.59. The molecule has 0 unspecified atom stereocenters. The molecule has 0 spiro atoms. The molecule has 3 aromatic carbocycles. The van der Waals surface area contributed by atoms with E-state index in [0.29, 0.717) is 10.8 Å². The normalized spacial score (nSPS) is 10.8. The molecule has 3 aromatic rings. The minimum atomic E-state index is -3.96. The number of carbonyl (C=O) groups excluding carboxylic acids is 2. The number of sulfonamides is 1. The number of hydrogen-bond acceptors (Lipinski definition) is 5. The molecule has 3 rings (SSSR count). The molecule has 0 saturated carbocycles. The van der Waals surface area contributed by atoms with Crippen molar-refractivity contribution in [2.24, 2.45) is 0 Å². The summed E-state index contributed by atoms with van der Waals surface area (Å²) in [5.74, 6) is -0.739. The van der Waals surface area contributed by atoms with E-state index in [0.717, 1.165) is 5.56 Å². The fourth-order valence-corrected chi connectivity index (χ4v) is 3.94. The van der Waals surface area contributed by atoms with Gasteiger partial charge in [0.2, 0.25) is 0 Å². The van der Waals surface area contributed by atoms with Crippen molar-refractivity contribution in [1.82, 2.24) is 10.9 Å². The first kappa shape index (κ1) is 23.1. The predicted octanol–water partition coefficient (Wildman–Crippen LogP) is 3.29. The van der Waals surface area contributed by atoms with Gasteiger partial charge in [-0.3, -0.25) is 25.2 Å². The van der Waals surface area contributed by atoms with Gasteiger partial charge in [-0.15, -0.1) is 0 Å². The van der Waals surface area contributed by atoms with Crippen LogP contribution in [0.5, 0.6) is 5.75 Å². The van der Waals surface area contributed by atoms with Crippen molar-refractivity contribution < 1.29 is 22.7 Å². The van der Waals surface area contributed by atoms with Gasteiger partial charge in [-0.1, -0.05) is 35.9 Å². The summed E-state index contributed by atoms with van der Waals surface area (Å²) in [5, 5.41) is 0.375. The standard InChI is InChI=1S/C22H20ClN3O5S/c1-15-5-2-9-19(11-15)31-14-21(27)24-25-22(28)16-6-3-10-20(12-16)32(29,30)26-18-8-4-7-17(23)13-18/h2-13,26H,14H2,1H3,(H,24,27)(H,25,28). The quantitative estimate of drug-likeness (QED) is 0.456. The van der Waals surface area contributed by atoms with Crippen LogP contribution in [0.1, 0.15) is 15.9 Å². The van der Waals surface area contributed by atoms with Gasteiger partial charge in [0.15, 0.2) is 6.61 Å². The molecule has 0 aliphatic rings. The lowest BCUT2D eigenvalue weighted by Crippen LogP contribution is -2.43. The number of benzene rings is 3. The van der Waals surface area contributed by atoms with Crippen molar-refractivity contribution in [3.05, 3.63) is 88.9 Å². The number of amides is 2. The van der Waals surface area contributed by atoms with Crippen molar-refractivity contribution in [3.8, 4) is 5.75 Å². The van der Waals surface area contributed by atoms with Crippen LogP contribution in [0, 0.1) is 6.92 Å². The molecule has 0 aliphatic carbocycles. The minimum absolute atomic E-state index is 0.0406.